The molecule has 0 heterocycles. The van der Waals surface area contributed by atoms with Crippen LogP contribution < -0.4 is 0 Å². The Kier molecular flexibility index (Phi) is 2.64. The maximum Gasteiger partial charge on any atom is 0.431 e. The average molecular weight is 117 g/mol. The van der Waals surface area contributed by atoms with E-state index >= 15 is 0 Å². The van der Waals surface area contributed by atoms with Gasteiger partial charge in [-0.15, -0.1) is 6.58 Å². The van der Waals surface area contributed by atoms with Crippen molar-refractivity contribution in [3.05, 3.63) is 12.7 Å². The minimum atomic E-state index is -1.37. The van der Waals surface area contributed by atoms with E-state index in [1.165, 1.54) is 6.08 Å². The summed E-state index contributed by atoms with van der Waals surface area (Å²) in [6.07, 6.45) is -0.0846. The molecule has 8 heavy (non-hydrogen) atoms. The fourth-order valence-corrected chi connectivity index (χ4v) is 0.200. The summed E-state index contributed by atoms with van der Waals surface area (Å²) in [6, 6.07) is 0. The Morgan fingerprint density at radius 3 is 2.50 bits per heavy atom. The Labute approximate surface area is 46.6 Å². The lowest BCUT2D eigenvalue weighted by Gasteiger charge is -2.04. The largest absolute Gasteiger partial charge is 0.463 e. The lowest BCUT2D eigenvalue weighted by atomic mass is 10.6. The molecule has 0 aliphatic rings. The zero-order valence-electron chi connectivity index (χ0n) is 4.24. The van der Waals surface area contributed by atoms with Crippen LogP contribution >= 0.6 is 0 Å². The minimum absolute atomic E-state index is 0.0602. The van der Waals surface area contributed by atoms with Crippen LogP contribution in [0.15, 0.2) is 12.7 Å². The fraction of sp³-hybridized carbons (Fsp3) is 0.250. The summed E-state index contributed by atoms with van der Waals surface area (Å²) < 4.78 is 0. The van der Waals surface area contributed by atoms with Crippen molar-refractivity contribution in [2.75, 3.05) is 6.54 Å². The third-order valence-electron chi connectivity index (χ3n) is 0.523. The molecule has 0 atom stereocenters. The summed E-state index contributed by atoms with van der Waals surface area (Å²) >= 11 is 0. The number of nitrogens with zero attached hydrogens (tertiary/aromatic N) is 1. The first-order valence-corrected chi connectivity index (χ1v) is 1.98. The maximum atomic E-state index is 9.72. The topological polar surface area (TPSA) is 60.8 Å². The van der Waals surface area contributed by atoms with Gasteiger partial charge < -0.3 is 5.11 Å². The SMILES string of the molecule is C=CCN(O)C(=O)O. The van der Waals surface area contributed by atoms with Crippen LogP contribution in [-0.2, 0) is 0 Å². The third kappa shape index (κ3) is 2.20. The molecule has 0 saturated carbocycles. The molecule has 0 aromatic heterocycles. The monoisotopic (exact) mass is 117 g/mol. The predicted octanol–water partition coefficient (Wildman–Crippen LogP) is 0.542. The van der Waals surface area contributed by atoms with Gasteiger partial charge in [-0.2, -0.15) is 5.06 Å². The second-order valence-electron chi connectivity index (χ2n) is 1.15. The molecule has 0 aliphatic heterocycles. The van der Waals surface area contributed by atoms with Crippen molar-refractivity contribution in [1.82, 2.24) is 5.06 Å². The zero-order chi connectivity index (χ0) is 6.57. The van der Waals surface area contributed by atoms with Crippen molar-refractivity contribution < 1.29 is 15.1 Å². The first-order valence-electron chi connectivity index (χ1n) is 1.98. The van der Waals surface area contributed by atoms with E-state index in [0.29, 0.717) is 0 Å². The van der Waals surface area contributed by atoms with Crippen molar-refractivity contribution in [1.29, 1.82) is 0 Å². The second kappa shape index (κ2) is 3.04. The number of rotatable bonds is 2. The minimum Gasteiger partial charge on any atom is -0.463 e. The molecule has 0 bridgehead atoms. The van der Waals surface area contributed by atoms with Gasteiger partial charge >= 0.3 is 6.09 Å². The Morgan fingerprint density at radius 1 is 1.88 bits per heavy atom. The molecule has 0 aromatic rings. The Hall–Kier alpha value is -1.03. The van der Waals surface area contributed by atoms with Gasteiger partial charge in [0.25, 0.3) is 0 Å². The first-order chi connectivity index (χ1) is 3.68. The summed E-state index contributed by atoms with van der Waals surface area (Å²) in [7, 11) is 0. The number of carbonyl (C=O) groups is 1. The Morgan fingerprint density at radius 2 is 2.38 bits per heavy atom. The highest BCUT2D eigenvalue weighted by Gasteiger charge is 2.02. The van der Waals surface area contributed by atoms with E-state index in [9.17, 15) is 4.79 Å². The van der Waals surface area contributed by atoms with E-state index in [4.69, 9.17) is 10.3 Å². The molecular weight excluding hydrogens is 110 g/mol. The van der Waals surface area contributed by atoms with Gasteiger partial charge in [-0.05, 0) is 0 Å². The van der Waals surface area contributed by atoms with Gasteiger partial charge in [0.2, 0.25) is 0 Å². The number of carboxylic acid groups (broad SMARTS) is 1. The van der Waals surface area contributed by atoms with Crippen molar-refractivity contribution in [3.63, 3.8) is 0 Å². The van der Waals surface area contributed by atoms with Crippen LogP contribution in [0.4, 0.5) is 4.79 Å². The highest BCUT2D eigenvalue weighted by molar-refractivity contribution is 5.63. The molecule has 46 valence electrons. The molecule has 0 unspecified atom stereocenters. The van der Waals surface area contributed by atoms with E-state index in [-0.39, 0.29) is 11.6 Å². The van der Waals surface area contributed by atoms with Crippen molar-refractivity contribution in [2.45, 2.75) is 0 Å². The molecule has 0 rings (SSSR count). The standard InChI is InChI=1S/C4H7NO3/c1-2-3-5(8)4(6)7/h2,8H,1,3H2,(H,6,7). The van der Waals surface area contributed by atoms with Crippen molar-refractivity contribution in [2.24, 2.45) is 0 Å². The molecule has 4 heteroatoms. The highest BCUT2D eigenvalue weighted by Crippen LogP contribution is 1.80. The van der Waals surface area contributed by atoms with E-state index in [0.717, 1.165) is 0 Å². The van der Waals surface area contributed by atoms with E-state index in [1.54, 1.807) is 0 Å². The summed E-state index contributed by atoms with van der Waals surface area (Å²) in [5, 5.41) is 16.4. The number of hydrogen-bond acceptors (Lipinski definition) is 2. The molecule has 2 N–H and O–H groups in total. The molecule has 1 amide bonds. The Bertz CT molecular complexity index is 101. The van der Waals surface area contributed by atoms with Crippen molar-refractivity contribution in [3.8, 4) is 0 Å². The number of hydrogen-bond donors (Lipinski definition) is 2. The van der Waals surface area contributed by atoms with Gasteiger partial charge in [-0.3, -0.25) is 5.21 Å². The summed E-state index contributed by atoms with van der Waals surface area (Å²) in [6.45, 7) is 3.16. The summed E-state index contributed by atoms with van der Waals surface area (Å²) in [5.74, 6) is 0. The average Bonchev–Trinajstić information content (AvgIpc) is 1.67. The van der Waals surface area contributed by atoms with Gasteiger partial charge in [0, 0.05) is 0 Å². The molecule has 4 nitrogen and oxygen atoms in total. The normalized spacial score (nSPS) is 8.12. The number of amides is 1. The zero-order valence-corrected chi connectivity index (χ0v) is 4.24. The third-order valence-corrected chi connectivity index (χ3v) is 0.523. The van der Waals surface area contributed by atoms with Crippen LogP contribution in [0.25, 0.3) is 0 Å². The van der Waals surface area contributed by atoms with Crippen LogP contribution in [0.5, 0.6) is 0 Å². The highest BCUT2D eigenvalue weighted by atomic mass is 16.6. The van der Waals surface area contributed by atoms with Gasteiger partial charge in [-0.25, -0.2) is 4.79 Å². The van der Waals surface area contributed by atoms with Gasteiger partial charge in [0.05, 0.1) is 6.54 Å². The second-order valence-corrected chi connectivity index (χ2v) is 1.15. The smallest absolute Gasteiger partial charge is 0.431 e. The van der Waals surface area contributed by atoms with E-state index in [2.05, 4.69) is 6.58 Å². The van der Waals surface area contributed by atoms with Crippen LogP contribution in [0, 0.1) is 0 Å². The van der Waals surface area contributed by atoms with Gasteiger partial charge in [0.1, 0.15) is 0 Å². The maximum absolute atomic E-state index is 9.72. The fourth-order valence-electron chi connectivity index (χ4n) is 0.200. The van der Waals surface area contributed by atoms with Crippen LogP contribution in [0.2, 0.25) is 0 Å². The lowest BCUT2D eigenvalue weighted by Crippen LogP contribution is -2.24. The predicted molar refractivity (Wildman–Crippen MR) is 26.7 cm³/mol. The van der Waals surface area contributed by atoms with E-state index in [1.807, 2.05) is 0 Å². The molecule has 0 spiro atoms. The molecular formula is C4H7NO3. The van der Waals surface area contributed by atoms with Gasteiger partial charge in [-0.1, -0.05) is 6.08 Å². The van der Waals surface area contributed by atoms with Crippen LogP contribution in [0.3, 0.4) is 0 Å². The quantitative estimate of drug-likeness (QED) is 0.315. The van der Waals surface area contributed by atoms with Crippen LogP contribution in [0.1, 0.15) is 0 Å². The Balaban J connectivity index is 3.46. The molecule has 0 fully saturated rings. The lowest BCUT2D eigenvalue weighted by molar-refractivity contribution is -0.0541. The summed E-state index contributed by atoms with van der Waals surface area (Å²) in [4.78, 5) is 9.72. The van der Waals surface area contributed by atoms with Crippen molar-refractivity contribution >= 4 is 6.09 Å². The molecule has 0 aromatic carbocycles. The summed E-state index contributed by atoms with van der Waals surface area (Å²) in [5.41, 5.74) is 0. The first kappa shape index (κ1) is 6.97. The van der Waals surface area contributed by atoms with Gasteiger partial charge in [0.15, 0.2) is 0 Å². The number of hydroxylamine groups is 2. The van der Waals surface area contributed by atoms with Crippen LogP contribution in [-0.4, -0.2) is 28.0 Å². The molecule has 0 aliphatic carbocycles. The molecule has 0 radical (unpaired) electrons. The van der Waals surface area contributed by atoms with E-state index < -0.39 is 6.09 Å². The molecule has 0 saturated heterocycles.